The van der Waals surface area contributed by atoms with E-state index in [1.54, 1.807) is 0 Å². The van der Waals surface area contributed by atoms with Crippen molar-refractivity contribution in [3.63, 3.8) is 0 Å². The maximum absolute atomic E-state index is 12.8. The summed E-state index contributed by atoms with van der Waals surface area (Å²) in [4.78, 5) is 12.8. The molecule has 3 heteroatoms. The van der Waals surface area contributed by atoms with Gasteiger partial charge in [0.25, 0.3) is 0 Å². The summed E-state index contributed by atoms with van der Waals surface area (Å²) >= 11 is 3.51. The predicted molar refractivity (Wildman–Crippen MR) is 138 cm³/mol. The van der Waals surface area contributed by atoms with E-state index in [2.05, 4.69) is 74.0 Å². The molecule has 0 spiro atoms. The van der Waals surface area contributed by atoms with Gasteiger partial charge in [0.1, 0.15) is 0 Å². The molecule has 0 aromatic heterocycles. The van der Waals surface area contributed by atoms with Crippen molar-refractivity contribution in [2.24, 2.45) is 0 Å². The first-order valence-electron chi connectivity index (χ1n) is 11.3. The van der Waals surface area contributed by atoms with E-state index in [4.69, 9.17) is 4.74 Å². The van der Waals surface area contributed by atoms with E-state index in [-0.39, 0.29) is 16.8 Å². The monoisotopic (exact) mass is 490 g/mol. The van der Waals surface area contributed by atoms with Crippen LogP contribution in [0.15, 0.2) is 59.1 Å². The van der Waals surface area contributed by atoms with E-state index >= 15 is 0 Å². The lowest BCUT2D eigenvalue weighted by molar-refractivity contribution is -0.136. The summed E-state index contributed by atoms with van der Waals surface area (Å²) in [5.74, 6) is -0.306. The molecule has 0 bridgehead atoms. The fraction of sp³-hybridized carbons (Fsp3) is 0.345. The minimum Gasteiger partial charge on any atom is -0.462 e. The average Bonchev–Trinajstić information content (AvgIpc) is 2.74. The van der Waals surface area contributed by atoms with E-state index in [1.807, 2.05) is 37.3 Å². The van der Waals surface area contributed by atoms with Gasteiger partial charge in [-0.25, -0.2) is 4.79 Å². The zero-order valence-corrected chi connectivity index (χ0v) is 21.2. The van der Waals surface area contributed by atoms with Crippen LogP contribution in [0.25, 0.3) is 22.4 Å². The van der Waals surface area contributed by atoms with Crippen molar-refractivity contribution in [3.05, 3.63) is 81.3 Å². The SMILES string of the molecule is CCOC(=O)C(=Cc1ccc2cc3c(cc2c1)C(C)(C)CCC3(C)C)c1cccc(Br)c1. The molecule has 0 heterocycles. The van der Waals surface area contributed by atoms with Gasteiger partial charge in [0.15, 0.2) is 0 Å². The van der Waals surface area contributed by atoms with Crippen LogP contribution in [0.4, 0.5) is 0 Å². The van der Waals surface area contributed by atoms with Crippen molar-refractivity contribution in [1.29, 1.82) is 0 Å². The molecule has 2 nitrogen and oxygen atoms in total. The van der Waals surface area contributed by atoms with E-state index in [0.29, 0.717) is 12.2 Å². The van der Waals surface area contributed by atoms with Gasteiger partial charge in [-0.05, 0) is 87.9 Å². The molecule has 0 atom stereocenters. The molecule has 3 aromatic rings. The number of rotatable bonds is 4. The third kappa shape index (κ3) is 4.41. The summed E-state index contributed by atoms with van der Waals surface area (Å²) < 4.78 is 6.29. The molecule has 0 fully saturated rings. The number of ether oxygens (including phenoxy) is 1. The first kappa shape index (κ1) is 22.8. The van der Waals surface area contributed by atoms with Crippen molar-refractivity contribution in [3.8, 4) is 0 Å². The first-order valence-corrected chi connectivity index (χ1v) is 12.1. The smallest absolute Gasteiger partial charge is 0.338 e. The summed E-state index contributed by atoms with van der Waals surface area (Å²) in [5.41, 5.74) is 5.66. The lowest BCUT2D eigenvalue weighted by Crippen LogP contribution is -2.33. The highest BCUT2D eigenvalue weighted by molar-refractivity contribution is 9.10. The molecule has 0 saturated carbocycles. The van der Waals surface area contributed by atoms with Gasteiger partial charge in [0.05, 0.1) is 12.2 Å². The van der Waals surface area contributed by atoms with Crippen molar-refractivity contribution in [2.45, 2.75) is 58.3 Å². The lowest BCUT2D eigenvalue weighted by Gasteiger charge is -2.42. The van der Waals surface area contributed by atoms with Crippen LogP contribution in [-0.4, -0.2) is 12.6 Å². The van der Waals surface area contributed by atoms with E-state index in [1.165, 1.54) is 34.7 Å². The van der Waals surface area contributed by atoms with Gasteiger partial charge in [-0.15, -0.1) is 0 Å². The van der Waals surface area contributed by atoms with Gasteiger partial charge >= 0.3 is 5.97 Å². The second kappa shape index (κ2) is 8.51. The van der Waals surface area contributed by atoms with Crippen LogP contribution < -0.4 is 0 Å². The third-order valence-electron chi connectivity index (χ3n) is 6.78. The second-order valence-electron chi connectivity index (χ2n) is 10.1. The molecule has 0 unspecified atom stereocenters. The molecule has 32 heavy (non-hydrogen) atoms. The molecule has 4 rings (SSSR count). The Morgan fingerprint density at radius 2 is 1.59 bits per heavy atom. The standard InChI is InChI=1S/C29H31BrO2/c1-6-32-27(31)24(21-8-7-9-23(30)16-21)15-19-10-11-20-17-25-26(18-22(20)14-19)29(4,5)13-12-28(25,2)3/h7-11,14-18H,6,12-13H2,1-5H3. The number of hydrogen-bond acceptors (Lipinski definition) is 2. The first-order chi connectivity index (χ1) is 15.1. The largest absolute Gasteiger partial charge is 0.462 e. The molecular formula is C29H31BrO2. The quantitative estimate of drug-likeness (QED) is 0.210. The highest BCUT2D eigenvalue weighted by Crippen LogP contribution is 2.47. The van der Waals surface area contributed by atoms with Crippen LogP contribution >= 0.6 is 15.9 Å². The van der Waals surface area contributed by atoms with Crippen LogP contribution in [0.3, 0.4) is 0 Å². The molecule has 0 saturated heterocycles. The normalized spacial score (nSPS) is 17.1. The van der Waals surface area contributed by atoms with E-state index < -0.39 is 0 Å². The minimum atomic E-state index is -0.306. The van der Waals surface area contributed by atoms with Gasteiger partial charge < -0.3 is 4.74 Å². The van der Waals surface area contributed by atoms with Crippen LogP contribution in [0.5, 0.6) is 0 Å². The maximum atomic E-state index is 12.8. The number of benzene rings is 3. The Labute approximate surface area is 199 Å². The van der Waals surface area contributed by atoms with Gasteiger partial charge in [-0.3, -0.25) is 0 Å². The summed E-state index contributed by atoms with van der Waals surface area (Å²) in [6.07, 6.45) is 4.33. The Morgan fingerprint density at radius 3 is 2.22 bits per heavy atom. The highest BCUT2D eigenvalue weighted by Gasteiger charge is 2.37. The van der Waals surface area contributed by atoms with Gasteiger partial charge in [0, 0.05) is 4.47 Å². The molecule has 0 N–H and O–H groups in total. The van der Waals surface area contributed by atoms with Crippen LogP contribution in [0.1, 0.15) is 69.7 Å². The van der Waals surface area contributed by atoms with E-state index in [0.717, 1.165) is 15.6 Å². The van der Waals surface area contributed by atoms with Crippen LogP contribution in [-0.2, 0) is 20.4 Å². The third-order valence-corrected chi connectivity index (χ3v) is 7.27. The van der Waals surface area contributed by atoms with Crippen molar-refractivity contribution >= 4 is 44.3 Å². The Kier molecular flexibility index (Phi) is 6.06. The molecule has 3 aromatic carbocycles. The van der Waals surface area contributed by atoms with Crippen molar-refractivity contribution < 1.29 is 9.53 Å². The van der Waals surface area contributed by atoms with Crippen LogP contribution in [0.2, 0.25) is 0 Å². The fourth-order valence-electron chi connectivity index (χ4n) is 4.71. The number of fused-ring (bicyclic) bond motifs is 2. The highest BCUT2D eigenvalue weighted by atomic mass is 79.9. The molecule has 166 valence electrons. The fourth-order valence-corrected chi connectivity index (χ4v) is 5.11. The summed E-state index contributed by atoms with van der Waals surface area (Å²) in [7, 11) is 0. The zero-order chi connectivity index (χ0) is 23.1. The number of hydrogen-bond donors (Lipinski definition) is 0. The predicted octanol–water partition coefficient (Wildman–Crippen LogP) is 8.06. The lowest BCUT2D eigenvalue weighted by atomic mass is 9.63. The molecule has 1 aliphatic rings. The molecule has 1 aliphatic carbocycles. The van der Waals surface area contributed by atoms with Gasteiger partial charge in [0.2, 0.25) is 0 Å². The molecule has 0 amide bonds. The Balaban J connectivity index is 1.85. The molecule has 0 radical (unpaired) electrons. The summed E-state index contributed by atoms with van der Waals surface area (Å²) in [6.45, 7) is 11.6. The number of esters is 1. The summed E-state index contributed by atoms with van der Waals surface area (Å²) in [5, 5.41) is 2.45. The molecule has 0 aliphatic heterocycles. The molecular weight excluding hydrogens is 460 g/mol. The van der Waals surface area contributed by atoms with Crippen LogP contribution in [0, 0.1) is 0 Å². The van der Waals surface area contributed by atoms with Crippen molar-refractivity contribution in [1.82, 2.24) is 0 Å². The average molecular weight is 491 g/mol. The number of carbonyl (C=O) groups is 1. The Hall–Kier alpha value is -2.39. The van der Waals surface area contributed by atoms with E-state index in [9.17, 15) is 4.79 Å². The number of carbonyl (C=O) groups excluding carboxylic acids is 1. The minimum absolute atomic E-state index is 0.164. The summed E-state index contributed by atoms with van der Waals surface area (Å²) in [6, 6.07) is 19.0. The van der Waals surface area contributed by atoms with Gasteiger partial charge in [-0.2, -0.15) is 0 Å². The van der Waals surface area contributed by atoms with Crippen molar-refractivity contribution in [2.75, 3.05) is 6.61 Å². The Bertz CT molecular complexity index is 1220. The maximum Gasteiger partial charge on any atom is 0.338 e. The number of halogens is 1. The Morgan fingerprint density at radius 1 is 0.938 bits per heavy atom. The van der Waals surface area contributed by atoms with Gasteiger partial charge in [-0.1, -0.05) is 80.0 Å². The zero-order valence-electron chi connectivity index (χ0n) is 19.6. The topological polar surface area (TPSA) is 26.3 Å². The second-order valence-corrected chi connectivity index (χ2v) is 11.0.